The summed E-state index contributed by atoms with van der Waals surface area (Å²) in [4.78, 5) is 18.7. The van der Waals surface area contributed by atoms with Crippen molar-refractivity contribution in [2.24, 2.45) is 0 Å². The van der Waals surface area contributed by atoms with Crippen LogP contribution in [0.2, 0.25) is 0 Å². The second-order valence-corrected chi connectivity index (χ2v) is 6.10. The number of nitrogens with zero attached hydrogens (tertiary/aromatic N) is 3. The molecule has 0 aliphatic carbocycles. The van der Waals surface area contributed by atoms with E-state index in [9.17, 15) is 4.79 Å². The topological polar surface area (TPSA) is 59.2 Å². The van der Waals surface area contributed by atoms with Crippen LogP contribution in [0.25, 0.3) is 11.4 Å². The summed E-state index contributed by atoms with van der Waals surface area (Å²) in [7, 11) is 0. The number of rotatable bonds is 5. The first-order chi connectivity index (χ1) is 11.3. The molecule has 1 aliphatic rings. The number of aromatic nitrogens is 2. The Morgan fingerprint density at radius 1 is 1.35 bits per heavy atom. The summed E-state index contributed by atoms with van der Waals surface area (Å²) in [6.07, 6.45) is 4.63. The van der Waals surface area contributed by atoms with Gasteiger partial charge in [-0.05, 0) is 19.3 Å². The number of carbonyl (C=O) groups is 1. The predicted octanol–water partition coefficient (Wildman–Crippen LogP) is 3.63. The number of amides is 1. The summed E-state index contributed by atoms with van der Waals surface area (Å²) in [5.41, 5.74) is 0.953. The fourth-order valence-electron chi connectivity index (χ4n) is 3.00. The molecule has 2 heterocycles. The number of benzene rings is 1. The van der Waals surface area contributed by atoms with Gasteiger partial charge in [0.2, 0.25) is 17.6 Å². The molecular formula is C18H23N3O2. The van der Waals surface area contributed by atoms with Gasteiger partial charge in [0.05, 0.1) is 5.92 Å². The van der Waals surface area contributed by atoms with Gasteiger partial charge >= 0.3 is 0 Å². The van der Waals surface area contributed by atoms with Gasteiger partial charge in [-0.2, -0.15) is 4.98 Å². The maximum absolute atomic E-state index is 12.2. The lowest BCUT2D eigenvalue weighted by Gasteiger charge is -2.31. The number of likely N-dealkylation sites (tertiary alicyclic amines) is 1. The molecule has 0 N–H and O–H groups in total. The molecule has 1 aromatic carbocycles. The van der Waals surface area contributed by atoms with Crippen LogP contribution in [0.1, 0.15) is 50.8 Å². The number of piperidine rings is 1. The molecule has 1 aliphatic heterocycles. The highest BCUT2D eigenvalue weighted by atomic mass is 16.5. The second kappa shape index (κ2) is 7.40. The molecule has 1 aromatic heterocycles. The first kappa shape index (κ1) is 15.7. The zero-order valence-electron chi connectivity index (χ0n) is 13.6. The smallest absolute Gasteiger partial charge is 0.231 e. The van der Waals surface area contributed by atoms with E-state index in [4.69, 9.17) is 4.52 Å². The van der Waals surface area contributed by atoms with Crippen molar-refractivity contribution in [1.82, 2.24) is 15.0 Å². The Bertz CT molecular complexity index is 639. The van der Waals surface area contributed by atoms with Crippen molar-refractivity contribution >= 4 is 5.91 Å². The molecule has 1 amide bonds. The molecule has 3 rings (SSSR count). The lowest BCUT2D eigenvalue weighted by atomic mass is 9.97. The third-order valence-electron chi connectivity index (χ3n) is 4.34. The highest BCUT2D eigenvalue weighted by Gasteiger charge is 2.28. The third-order valence-corrected chi connectivity index (χ3v) is 4.34. The van der Waals surface area contributed by atoms with Crippen LogP contribution in [0.5, 0.6) is 0 Å². The van der Waals surface area contributed by atoms with E-state index in [0.717, 1.165) is 37.8 Å². The largest absolute Gasteiger partial charge is 0.342 e. The van der Waals surface area contributed by atoms with E-state index in [1.165, 1.54) is 0 Å². The highest BCUT2D eigenvalue weighted by Crippen LogP contribution is 2.28. The van der Waals surface area contributed by atoms with Crippen molar-refractivity contribution in [2.45, 2.75) is 44.9 Å². The van der Waals surface area contributed by atoms with Crippen LogP contribution in [0.3, 0.4) is 0 Å². The Morgan fingerprint density at radius 3 is 2.96 bits per heavy atom. The molecular weight excluding hydrogens is 290 g/mol. The Kier molecular flexibility index (Phi) is 5.05. The summed E-state index contributed by atoms with van der Waals surface area (Å²) in [5, 5.41) is 4.09. The summed E-state index contributed by atoms with van der Waals surface area (Å²) >= 11 is 0. The standard InChI is InChI=1S/C18H23N3O2/c1-2-3-11-16(22)21-12-7-10-15(13-21)18-19-17(20-23-18)14-8-5-4-6-9-14/h4-6,8-9,15H,2-3,7,10-13H2,1H3/t15-/m0/s1. The van der Waals surface area contributed by atoms with Crippen molar-refractivity contribution in [3.8, 4) is 11.4 Å². The van der Waals surface area contributed by atoms with E-state index in [2.05, 4.69) is 17.1 Å². The van der Waals surface area contributed by atoms with Crippen LogP contribution in [-0.2, 0) is 4.79 Å². The molecule has 0 radical (unpaired) electrons. The molecule has 23 heavy (non-hydrogen) atoms. The van der Waals surface area contributed by atoms with Gasteiger partial charge in [0.25, 0.3) is 0 Å². The molecule has 0 unspecified atom stereocenters. The number of unbranched alkanes of at least 4 members (excludes halogenated alkanes) is 1. The maximum Gasteiger partial charge on any atom is 0.231 e. The van der Waals surface area contributed by atoms with Crippen LogP contribution in [0.4, 0.5) is 0 Å². The van der Waals surface area contributed by atoms with E-state index < -0.39 is 0 Å². The van der Waals surface area contributed by atoms with E-state index >= 15 is 0 Å². The predicted molar refractivity (Wildman–Crippen MR) is 87.8 cm³/mol. The summed E-state index contributed by atoms with van der Waals surface area (Å²) in [6.45, 7) is 3.65. The Morgan fingerprint density at radius 2 is 2.17 bits per heavy atom. The molecule has 122 valence electrons. The first-order valence-electron chi connectivity index (χ1n) is 8.44. The lowest BCUT2D eigenvalue weighted by Crippen LogP contribution is -2.39. The molecule has 2 aromatic rings. The van der Waals surface area contributed by atoms with Crippen LogP contribution in [0, 0.1) is 0 Å². The van der Waals surface area contributed by atoms with Crippen molar-refractivity contribution in [3.63, 3.8) is 0 Å². The van der Waals surface area contributed by atoms with Gasteiger partial charge in [-0.15, -0.1) is 0 Å². The number of hydrogen-bond donors (Lipinski definition) is 0. The van der Waals surface area contributed by atoms with E-state index in [0.29, 0.717) is 24.7 Å². The fourth-order valence-corrected chi connectivity index (χ4v) is 3.00. The maximum atomic E-state index is 12.2. The third kappa shape index (κ3) is 3.78. The minimum Gasteiger partial charge on any atom is -0.342 e. The van der Waals surface area contributed by atoms with Gasteiger partial charge in [-0.3, -0.25) is 4.79 Å². The molecule has 0 spiro atoms. The van der Waals surface area contributed by atoms with E-state index in [1.54, 1.807) is 0 Å². The normalized spacial score (nSPS) is 18.1. The van der Waals surface area contributed by atoms with Crippen LogP contribution >= 0.6 is 0 Å². The quantitative estimate of drug-likeness (QED) is 0.845. The van der Waals surface area contributed by atoms with Gasteiger partial charge in [0.1, 0.15) is 0 Å². The molecule has 5 nitrogen and oxygen atoms in total. The Labute approximate surface area is 136 Å². The molecule has 1 saturated heterocycles. The lowest BCUT2D eigenvalue weighted by molar-refractivity contribution is -0.132. The summed E-state index contributed by atoms with van der Waals surface area (Å²) in [6, 6.07) is 9.82. The average Bonchev–Trinajstić information content (AvgIpc) is 3.11. The van der Waals surface area contributed by atoms with Crippen molar-refractivity contribution in [2.75, 3.05) is 13.1 Å². The zero-order valence-corrected chi connectivity index (χ0v) is 13.6. The van der Waals surface area contributed by atoms with Crippen LogP contribution in [-0.4, -0.2) is 34.0 Å². The summed E-state index contributed by atoms with van der Waals surface area (Å²) in [5.74, 6) is 1.67. The minimum absolute atomic E-state index is 0.152. The minimum atomic E-state index is 0.152. The van der Waals surface area contributed by atoms with E-state index in [1.807, 2.05) is 35.2 Å². The number of carbonyl (C=O) groups excluding carboxylic acids is 1. The second-order valence-electron chi connectivity index (χ2n) is 6.10. The molecule has 1 atom stereocenters. The zero-order chi connectivity index (χ0) is 16.1. The fraction of sp³-hybridized carbons (Fsp3) is 0.500. The average molecular weight is 313 g/mol. The summed E-state index contributed by atoms with van der Waals surface area (Å²) < 4.78 is 5.47. The van der Waals surface area contributed by atoms with Crippen molar-refractivity contribution in [3.05, 3.63) is 36.2 Å². The monoisotopic (exact) mass is 313 g/mol. The first-order valence-corrected chi connectivity index (χ1v) is 8.44. The van der Waals surface area contributed by atoms with Gasteiger partial charge in [-0.1, -0.05) is 48.8 Å². The van der Waals surface area contributed by atoms with Gasteiger partial charge in [-0.25, -0.2) is 0 Å². The van der Waals surface area contributed by atoms with E-state index in [-0.39, 0.29) is 11.8 Å². The van der Waals surface area contributed by atoms with Crippen LogP contribution in [0.15, 0.2) is 34.9 Å². The van der Waals surface area contributed by atoms with Gasteiger partial charge < -0.3 is 9.42 Å². The van der Waals surface area contributed by atoms with Crippen molar-refractivity contribution < 1.29 is 9.32 Å². The Balaban J connectivity index is 1.67. The highest BCUT2D eigenvalue weighted by molar-refractivity contribution is 5.76. The molecule has 0 saturated carbocycles. The van der Waals surface area contributed by atoms with Crippen LogP contribution < -0.4 is 0 Å². The van der Waals surface area contributed by atoms with Crippen molar-refractivity contribution in [1.29, 1.82) is 0 Å². The SMILES string of the molecule is CCCCC(=O)N1CCC[C@H](c2nc(-c3ccccc3)no2)C1. The molecule has 5 heteroatoms. The number of hydrogen-bond acceptors (Lipinski definition) is 4. The Hall–Kier alpha value is -2.17. The molecule has 1 fully saturated rings. The molecule has 0 bridgehead atoms. The van der Waals surface area contributed by atoms with Gasteiger partial charge in [0.15, 0.2) is 0 Å². The van der Waals surface area contributed by atoms with Gasteiger partial charge in [0, 0.05) is 25.1 Å².